The van der Waals surface area contributed by atoms with Crippen LogP contribution in [0.25, 0.3) is 0 Å². The molecule has 0 spiro atoms. The lowest BCUT2D eigenvalue weighted by atomic mass is 10.1. The number of nitrogens with one attached hydrogen (secondary N) is 2. The third-order valence-corrected chi connectivity index (χ3v) is 2.80. The Labute approximate surface area is 92.8 Å². The van der Waals surface area contributed by atoms with Gasteiger partial charge in [-0.15, -0.1) is 0 Å². The Morgan fingerprint density at radius 1 is 1.31 bits per heavy atom. The van der Waals surface area contributed by atoms with Gasteiger partial charge in [0.1, 0.15) is 6.54 Å². The van der Waals surface area contributed by atoms with Gasteiger partial charge in [0.2, 0.25) is 0 Å². The molecule has 0 heterocycles. The average Bonchev–Trinajstić information content (AvgIpc) is 2.57. The number of alkyl halides is 3. The molecule has 94 valence electrons. The van der Waals surface area contributed by atoms with Gasteiger partial charge in [-0.2, -0.15) is 13.2 Å². The molecular formula is C10H17F3N2O. The summed E-state index contributed by atoms with van der Waals surface area (Å²) in [4.78, 5) is 11.0. The molecule has 2 atom stereocenters. The molecule has 1 fully saturated rings. The largest absolute Gasteiger partial charge is 0.405 e. The van der Waals surface area contributed by atoms with Gasteiger partial charge >= 0.3 is 12.2 Å². The molecule has 0 aromatic rings. The second kappa shape index (κ2) is 5.41. The summed E-state index contributed by atoms with van der Waals surface area (Å²) >= 11 is 0. The fraction of sp³-hybridized carbons (Fsp3) is 0.900. The van der Waals surface area contributed by atoms with E-state index in [0.717, 1.165) is 19.3 Å². The monoisotopic (exact) mass is 238 g/mol. The van der Waals surface area contributed by atoms with Gasteiger partial charge in [-0.3, -0.25) is 0 Å². The quantitative estimate of drug-likeness (QED) is 0.778. The van der Waals surface area contributed by atoms with Gasteiger partial charge in [0.05, 0.1) is 0 Å². The molecule has 6 heteroatoms. The highest BCUT2D eigenvalue weighted by Gasteiger charge is 2.28. The first kappa shape index (κ1) is 13.1. The maximum atomic E-state index is 11.8. The lowest BCUT2D eigenvalue weighted by molar-refractivity contribution is -0.122. The Kier molecular flexibility index (Phi) is 4.44. The van der Waals surface area contributed by atoms with Gasteiger partial charge in [-0.05, 0) is 24.7 Å². The molecule has 1 aliphatic rings. The maximum Gasteiger partial charge on any atom is 0.405 e. The predicted octanol–water partition coefficient (Wildman–Crippen LogP) is 2.28. The molecule has 2 amide bonds. The second-order valence-corrected chi connectivity index (χ2v) is 4.46. The van der Waals surface area contributed by atoms with Crippen molar-refractivity contribution in [1.29, 1.82) is 0 Å². The Hall–Kier alpha value is -0.940. The van der Waals surface area contributed by atoms with Crippen LogP contribution in [-0.4, -0.2) is 25.3 Å². The van der Waals surface area contributed by atoms with E-state index < -0.39 is 18.8 Å². The Bertz CT molecular complexity index is 243. The summed E-state index contributed by atoms with van der Waals surface area (Å²) in [6, 6.07) is -0.739. The van der Waals surface area contributed by atoms with Crippen molar-refractivity contribution < 1.29 is 18.0 Å². The van der Waals surface area contributed by atoms with Crippen molar-refractivity contribution in [3.63, 3.8) is 0 Å². The zero-order chi connectivity index (χ0) is 12.2. The van der Waals surface area contributed by atoms with E-state index >= 15 is 0 Å². The lowest BCUT2D eigenvalue weighted by Crippen LogP contribution is -2.42. The van der Waals surface area contributed by atoms with E-state index in [-0.39, 0.29) is 0 Å². The second-order valence-electron chi connectivity index (χ2n) is 4.46. The van der Waals surface area contributed by atoms with Crippen LogP contribution in [0.15, 0.2) is 0 Å². The summed E-state index contributed by atoms with van der Waals surface area (Å²) in [5.74, 6) is 1.07. The number of amides is 2. The van der Waals surface area contributed by atoms with Crippen LogP contribution in [0, 0.1) is 11.8 Å². The summed E-state index contributed by atoms with van der Waals surface area (Å²) in [6.45, 7) is 1.33. The van der Waals surface area contributed by atoms with Crippen LogP contribution >= 0.6 is 0 Å². The summed E-state index contributed by atoms with van der Waals surface area (Å²) < 4.78 is 35.3. The highest BCUT2D eigenvalue weighted by Crippen LogP contribution is 2.29. The van der Waals surface area contributed by atoms with Crippen molar-refractivity contribution in [2.45, 2.75) is 32.4 Å². The first-order valence-electron chi connectivity index (χ1n) is 5.45. The molecule has 2 unspecified atom stereocenters. The van der Waals surface area contributed by atoms with Crippen molar-refractivity contribution in [1.82, 2.24) is 10.6 Å². The average molecular weight is 238 g/mol. The van der Waals surface area contributed by atoms with Crippen molar-refractivity contribution >= 4 is 6.03 Å². The highest BCUT2D eigenvalue weighted by atomic mass is 19.4. The van der Waals surface area contributed by atoms with E-state index in [4.69, 9.17) is 0 Å². The molecule has 0 saturated heterocycles. The minimum absolute atomic E-state index is 0.409. The first-order valence-corrected chi connectivity index (χ1v) is 5.45. The molecule has 0 aliphatic heterocycles. The van der Waals surface area contributed by atoms with Crippen LogP contribution < -0.4 is 10.6 Å². The van der Waals surface area contributed by atoms with E-state index in [1.54, 1.807) is 5.32 Å². The molecule has 0 radical (unpaired) electrons. The van der Waals surface area contributed by atoms with Crippen molar-refractivity contribution in [3.05, 3.63) is 0 Å². The van der Waals surface area contributed by atoms with Crippen LogP contribution in [0.2, 0.25) is 0 Å². The molecule has 0 aromatic carbocycles. The van der Waals surface area contributed by atoms with Gasteiger partial charge in [0.15, 0.2) is 0 Å². The van der Waals surface area contributed by atoms with Crippen molar-refractivity contribution in [2.24, 2.45) is 11.8 Å². The van der Waals surface area contributed by atoms with Gasteiger partial charge in [0, 0.05) is 6.54 Å². The SMILES string of the molecule is CC1CCC(CNC(=O)NCC(F)(F)F)C1. The van der Waals surface area contributed by atoms with Gasteiger partial charge < -0.3 is 10.6 Å². The Balaban J connectivity index is 2.11. The standard InChI is InChI=1S/C10H17F3N2O/c1-7-2-3-8(4-7)5-14-9(16)15-6-10(11,12)13/h7-8H,2-6H2,1H3,(H2,14,15,16). The maximum absolute atomic E-state index is 11.8. The van der Waals surface area contributed by atoms with Crippen LogP contribution in [0.1, 0.15) is 26.2 Å². The molecule has 0 aromatic heterocycles. The number of carbonyl (C=O) groups excluding carboxylic acids is 1. The molecule has 3 nitrogen and oxygen atoms in total. The van der Waals surface area contributed by atoms with E-state index in [0.29, 0.717) is 18.4 Å². The number of rotatable bonds is 3. The molecular weight excluding hydrogens is 221 g/mol. The third-order valence-electron chi connectivity index (χ3n) is 2.80. The lowest BCUT2D eigenvalue weighted by Gasteiger charge is -2.13. The Morgan fingerprint density at radius 3 is 2.50 bits per heavy atom. The predicted molar refractivity (Wildman–Crippen MR) is 54.0 cm³/mol. The first-order chi connectivity index (χ1) is 7.37. The molecule has 2 N–H and O–H groups in total. The zero-order valence-corrected chi connectivity index (χ0v) is 9.23. The van der Waals surface area contributed by atoms with E-state index in [9.17, 15) is 18.0 Å². The third kappa shape index (κ3) is 5.23. The number of carbonyl (C=O) groups is 1. The molecule has 16 heavy (non-hydrogen) atoms. The minimum atomic E-state index is -4.35. The van der Waals surface area contributed by atoms with Gasteiger partial charge in [0.25, 0.3) is 0 Å². The smallest absolute Gasteiger partial charge is 0.338 e. The summed E-state index contributed by atoms with van der Waals surface area (Å²) in [7, 11) is 0. The zero-order valence-electron chi connectivity index (χ0n) is 9.23. The molecule has 1 aliphatic carbocycles. The van der Waals surface area contributed by atoms with E-state index in [1.165, 1.54) is 0 Å². The Morgan fingerprint density at radius 2 is 2.00 bits per heavy atom. The van der Waals surface area contributed by atoms with Crippen LogP contribution in [0.5, 0.6) is 0 Å². The number of halogens is 3. The summed E-state index contributed by atoms with van der Waals surface area (Å²) in [6.07, 6.45) is -1.13. The van der Waals surface area contributed by atoms with E-state index in [2.05, 4.69) is 12.2 Å². The minimum Gasteiger partial charge on any atom is -0.338 e. The molecule has 0 bridgehead atoms. The van der Waals surface area contributed by atoms with Crippen molar-refractivity contribution in [3.8, 4) is 0 Å². The summed E-state index contributed by atoms with van der Waals surface area (Å²) in [5, 5.41) is 4.25. The fourth-order valence-corrected chi connectivity index (χ4v) is 1.99. The normalized spacial score (nSPS) is 25.5. The van der Waals surface area contributed by atoms with Crippen LogP contribution in [0.3, 0.4) is 0 Å². The molecule has 1 rings (SSSR count). The van der Waals surface area contributed by atoms with Crippen molar-refractivity contribution in [2.75, 3.05) is 13.1 Å². The number of hydrogen-bond acceptors (Lipinski definition) is 1. The van der Waals surface area contributed by atoms with Crippen LogP contribution in [-0.2, 0) is 0 Å². The van der Waals surface area contributed by atoms with Gasteiger partial charge in [-0.25, -0.2) is 4.79 Å². The fourth-order valence-electron chi connectivity index (χ4n) is 1.99. The topological polar surface area (TPSA) is 41.1 Å². The number of hydrogen-bond donors (Lipinski definition) is 2. The van der Waals surface area contributed by atoms with E-state index in [1.807, 2.05) is 0 Å². The highest BCUT2D eigenvalue weighted by molar-refractivity contribution is 5.73. The molecule has 1 saturated carbocycles. The van der Waals surface area contributed by atoms with Gasteiger partial charge in [-0.1, -0.05) is 13.3 Å². The summed E-state index contributed by atoms with van der Waals surface area (Å²) in [5.41, 5.74) is 0. The van der Waals surface area contributed by atoms with Crippen LogP contribution in [0.4, 0.5) is 18.0 Å². The number of urea groups is 1.